The van der Waals surface area contributed by atoms with E-state index in [1.807, 2.05) is 0 Å². The maximum absolute atomic E-state index is 13.5. The van der Waals surface area contributed by atoms with E-state index < -0.39 is 11.7 Å². The van der Waals surface area contributed by atoms with Crippen molar-refractivity contribution in [3.63, 3.8) is 0 Å². The van der Waals surface area contributed by atoms with E-state index in [1.54, 1.807) is 0 Å². The van der Waals surface area contributed by atoms with Gasteiger partial charge < -0.3 is 5.32 Å². The van der Waals surface area contributed by atoms with Crippen molar-refractivity contribution < 1.29 is 13.2 Å². The van der Waals surface area contributed by atoms with E-state index in [-0.39, 0.29) is 10.7 Å². The Kier molecular flexibility index (Phi) is 3.64. The fourth-order valence-electron chi connectivity index (χ4n) is 2.90. The molecule has 0 radical (unpaired) electrons. The van der Waals surface area contributed by atoms with Crippen LogP contribution in [0.5, 0.6) is 0 Å². The number of alkyl halides is 3. The summed E-state index contributed by atoms with van der Waals surface area (Å²) in [4.78, 5) is 8.22. The van der Waals surface area contributed by atoms with Crippen LogP contribution in [0, 0.1) is 0 Å². The van der Waals surface area contributed by atoms with Crippen LogP contribution < -0.4 is 5.32 Å². The number of halogens is 4. The molecule has 5 nitrogen and oxygen atoms in total. The van der Waals surface area contributed by atoms with E-state index in [4.69, 9.17) is 11.6 Å². The van der Waals surface area contributed by atoms with Crippen LogP contribution in [0.2, 0.25) is 5.02 Å². The summed E-state index contributed by atoms with van der Waals surface area (Å²) >= 11 is 5.77. The first-order valence-corrected chi connectivity index (χ1v) is 7.82. The van der Waals surface area contributed by atoms with Gasteiger partial charge in [-0.25, -0.2) is 4.68 Å². The van der Waals surface area contributed by atoms with Crippen LogP contribution in [-0.2, 0) is 12.6 Å². The summed E-state index contributed by atoms with van der Waals surface area (Å²) in [6.07, 6.45) is 0.685. The Morgan fingerprint density at radius 3 is 2.76 bits per heavy atom. The van der Waals surface area contributed by atoms with E-state index in [0.29, 0.717) is 30.2 Å². The number of hydrogen-bond acceptors (Lipinski definition) is 4. The first kappa shape index (κ1) is 15.9. The Balaban J connectivity index is 1.94. The van der Waals surface area contributed by atoms with Crippen LogP contribution in [0.3, 0.4) is 0 Å². The Morgan fingerprint density at radius 1 is 1.20 bits per heavy atom. The van der Waals surface area contributed by atoms with Gasteiger partial charge in [-0.05, 0) is 24.6 Å². The van der Waals surface area contributed by atoms with Gasteiger partial charge in [0.25, 0.3) is 0 Å². The minimum atomic E-state index is -4.55. The maximum Gasteiger partial charge on any atom is 0.418 e. The fraction of sp³-hybridized carbons (Fsp3) is 0.188. The third-order valence-electron chi connectivity index (χ3n) is 3.95. The molecule has 0 saturated heterocycles. The monoisotopic (exact) mass is 365 g/mol. The largest absolute Gasteiger partial charge is 0.418 e. The van der Waals surface area contributed by atoms with Crippen LogP contribution in [0.25, 0.3) is 17.1 Å². The summed E-state index contributed by atoms with van der Waals surface area (Å²) in [6, 6.07) is 3.64. The third-order valence-corrected chi connectivity index (χ3v) is 4.18. The van der Waals surface area contributed by atoms with Crippen LogP contribution in [0.1, 0.15) is 11.1 Å². The number of aromatic nitrogens is 4. The molecule has 3 aromatic rings. The van der Waals surface area contributed by atoms with Gasteiger partial charge in [0.05, 0.1) is 17.4 Å². The zero-order chi connectivity index (χ0) is 17.6. The lowest BCUT2D eigenvalue weighted by atomic mass is 10.1. The second kappa shape index (κ2) is 5.73. The number of anilines is 1. The summed E-state index contributed by atoms with van der Waals surface area (Å²) in [7, 11) is 0. The Labute approximate surface area is 145 Å². The van der Waals surface area contributed by atoms with E-state index in [1.165, 1.54) is 35.4 Å². The summed E-state index contributed by atoms with van der Waals surface area (Å²) in [5.74, 6) is 0.536. The van der Waals surface area contributed by atoms with Gasteiger partial charge in [0, 0.05) is 29.5 Å². The van der Waals surface area contributed by atoms with Gasteiger partial charge in [-0.1, -0.05) is 11.6 Å². The lowest BCUT2D eigenvalue weighted by Gasteiger charge is -2.15. The number of hydrogen-bond donors (Lipinski definition) is 1. The Hall–Kier alpha value is -2.61. The van der Waals surface area contributed by atoms with Crippen LogP contribution in [-0.4, -0.2) is 26.3 Å². The zero-order valence-electron chi connectivity index (χ0n) is 12.7. The highest BCUT2D eigenvalue weighted by molar-refractivity contribution is 6.30. The van der Waals surface area contributed by atoms with Gasteiger partial charge in [0.15, 0.2) is 0 Å². The van der Waals surface area contributed by atoms with E-state index in [9.17, 15) is 13.2 Å². The van der Waals surface area contributed by atoms with Crippen molar-refractivity contribution in [2.24, 2.45) is 0 Å². The number of rotatable bonds is 2. The topological polar surface area (TPSA) is 55.6 Å². The van der Waals surface area contributed by atoms with Gasteiger partial charge in [0.1, 0.15) is 17.2 Å². The molecule has 128 valence electrons. The molecule has 0 bridgehead atoms. The predicted octanol–water partition coefficient (Wildman–Crippen LogP) is 3.97. The average molecular weight is 366 g/mol. The molecule has 0 aliphatic carbocycles. The van der Waals surface area contributed by atoms with Crippen molar-refractivity contribution in [2.75, 3.05) is 11.9 Å². The lowest BCUT2D eigenvalue weighted by molar-refractivity contribution is -0.137. The summed E-state index contributed by atoms with van der Waals surface area (Å²) < 4.78 is 41.6. The number of nitrogens with one attached hydrogen (secondary N) is 1. The smallest absolute Gasteiger partial charge is 0.369 e. The lowest BCUT2D eigenvalue weighted by Crippen LogP contribution is -2.13. The van der Waals surface area contributed by atoms with Crippen LogP contribution in [0.15, 0.2) is 36.8 Å². The summed E-state index contributed by atoms with van der Waals surface area (Å²) in [5.41, 5.74) is 0.936. The fourth-order valence-corrected chi connectivity index (χ4v) is 3.07. The Morgan fingerprint density at radius 2 is 2.04 bits per heavy atom. The molecule has 0 fully saturated rings. The van der Waals surface area contributed by atoms with Crippen molar-refractivity contribution in [3.05, 3.63) is 52.9 Å². The first-order valence-electron chi connectivity index (χ1n) is 7.44. The van der Waals surface area contributed by atoms with Crippen molar-refractivity contribution in [2.45, 2.75) is 12.6 Å². The molecule has 2 aromatic heterocycles. The summed E-state index contributed by atoms with van der Waals surface area (Å²) in [5, 5.41) is 7.50. The molecular formula is C16H11ClF3N5. The molecule has 0 unspecified atom stereocenters. The quantitative estimate of drug-likeness (QED) is 0.746. The molecule has 0 amide bonds. The van der Waals surface area contributed by atoms with E-state index in [0.717, 1.165) is 11.6 Å². The van der Waals surface area contributed by atoms with E-state index >= 15 is 0 Å². The third kappa shape index (κ3) is 2.72. The molecule has 1 aromatic carbocycles. The van der Waals surface area contributed by atoms with Gasteiger partial charge in [-0.15, -0.1) is 0 Å². The molecule has 9 heteroatoms. The van der Waals surface area contributed by atoms with Gasteiger partial charge in [0.2, 0.25) is 0 Å². The number of nitrogens with zero attached hydrogens (tertiary/aromatic N) is 4. The minimum absolute atomic E-state index is 0.0157. The molecule has 0 saturated carbocycles. The standard InChI is InChI=1S/C16H11ClF3N5/c17-9-1-2-13(11(7-9)16(18,19)20)25-15-10(3-4-23-15)14(24-25)12-8-21-5-6-22-12/h1-2,5-8,23H,3-4H2. The van der Waals surface area contributed by atoms with Crippen molar-refractivity contribution in [1.29, 1.82) is 0 Å². The molecule has 0 atom stereocenters. The highest BCUT2D eigenvalue weighted by atomic mass is 35.5. The zero-order valence-corrected chi connectivity index (χ0v) is 13.4. The molecule has 4 rings (SSSR count). The van der Waals surface area contributed by atoms with Crippen molar-refractivity contribution in [3.8, 4) is 17.1 Å². The molecule has 1 aliphatic rings. The van der Waals surface area contributed by atoms with Crippen LogP contribution >= 0.6 is 11.6 Å². The highest BCUT2D eigenvalue weighted by Crippen LogP contribution is 2.39. The van der Waals surface area contributed by atoms with Gasteiger partial charge >= 0.3 is 6.18 Å². The predicted molar refractivity (Wildman–Crippen MR) is 86.8 cm³/mol. The van der Waals surface area contributed by atoms with Crippen molar-refractivity contribution >= 4 is 17.4 Å². The second-order valence-electron chi connectivity index (χ2n) is 5.51. The van der Waals surface area contributed by atoms with Crippen LogP contribution in [0.4, 0.5) is 19.0 Å². The highest BCUT2D eigenvalue weighted by Gasteiger charge is 2.36. The normalized spacial score (nSPS) is 13.6. The minimum Gasteiger partial charge on any atom is -0.369 e. The molecule has 25 heavy (non-hydrogen) atoms. The number of fused-ring (bicyclic) bond motifs is 1. The number of benzene rings is 1. The molecular weight excluding hydrogens is 355 g/mol. The molecule has 3 heterocycles. The maximum atomic E-state index is 13.5. The molecule has 1 N–H and O–H groups in total. The van der Waals surface area contributed by atoms with Gasteiger partial charge in [-0.3, -0.25) is 9.97 Å². The van der Waals surface area contributed by atoms with Crippen molar-refractivity contribution in [1.82, 2.24) is 19.7 Å². The van der Waals surface area contributed by atoms with E-state index in [2.05, 4.69) is 20.4 Å². The van der Waals surface area contributed by atoms with Gasteiger partial charge in [-0.2, -0.15) is 18.3 Å². The second-order valence-corrected chi connectivity index (χ2v) is 5.95. The summed E-state index contributed by atoms with van der Waals surface area (Å²) in [6.45, 7) is 0.620. The average Bonchev–Trinajstić information content (AvgIpc) is 3.17. The molecule has 1 aliphatic heterocycles. The Bertz CT molecular complexity index is 937. The first-order chi connectivity index (χ1) is 11.9. The molecule has 0 spiro atoms. The SMILES string of the molecule is FC(F)(F)c1cc(Cl)ccc1-n1nc(-c2cnccn2)c2c1NCC2.